The number of anilines is 1. The normalized spacial score (nSPS) is 16.8. The fourth-order valence-corrected chi connectivity index (χ4v) is 5.27. The molecular formula is C21H13FN2O4S2. The molecule has 0 fully saturated rings. The van der Waals surface area contributed by atoms with E-state index in [0.717, 1.165) is 11.3 Å². The number of aliphatic hydroxyl groups is 1. The summed E-state index contributed by atoms with van der Waals surface area (Å²) in [4.78, 5) is 32.6. The lowest BCUT2D eigenvalue weighted by Gasteiger charge is -2.22. The van der Waals surface area contributed by atoms with E-state index in [2.05, 4.69) is 4.98 Å². The molecule has 1 unspecified atom stereocenters. The van der Waals surface area contributed by atoms with Gasteiger partial charge in [0, 0.05) is 4.88 Å². The maximum Gasteiger partial charge on any atom is 0.296 e. The van der Waals surface area contributed by atoms with Crippen LogP contribution in [-0.2, 0) is 4.79 Å². The van der Waals surface area contributed by atoms with Gasteiger partial charge in [0.2, 0.25) is 5.78 Å². The van der Waals surface area contributed by atoms with Gasteiger partial charge in [-0.1, -0.05) is 17.4 Å². The molecule has 1 aliphatic heterocycles. The number of hydrogen-bond donors (Lipinski definition) is 1. The van der Waals surface area contributed by atoms with Crippen LogP contribution in [0.25, 0.3) is 10.2 Å². The SMILES string of the molecule is Cc1ccc(C(=O)C2=C(O)C(=O)N(c3nc4ccc(F)cc4s3)C2c2cccs2)o1. The number of benzene rings is 1. The number of aromatic nitrogens is 1. The van der Waals surface area contributed by atoms with Crippen molar-refractivity contribution >= 4 is 49.7 Å². The first-order chi connectivity index (χ1) is 14.4. The van der Waals surface area contributed by atoms with Gasteiger partial charge in [0.15, 0.2) is 16.7 Å². The van der Waals surface area contributed by atoms with Crippen molar-refractivity contribution in [3.8, 4) is 0 Å². The maximum atomic E-state index is 13.6. The van der Waals surface area contributed by atoms with E-state index in [1.165, 1.54) is 40.5 Å². The van der Waals surface area contributed by atoms with E-state index < -0.39 is 29.3 Å². The van der Waals surface area contributed by atoms with Gasteiger partial charge in [-0.2, -0.15) is 0 Å². The number of aliphatic hydroxyl groups excluding tert-OH is 1. The number of ketones is 1. The molecule has 1 aliphatic rings. The number of fused-ring (bicyclic) bond motifs is 1. The summed E-state index contributed by atoms with van der Waals surface area (Å²) in [6.45, 7) is 1.70. The molecule has 0 saturated heterocycles. The first-order valence-electron chi connectivity index (χ1n) is 8.91. The van der Waals surface area contributed by atoms with E-state index in [1.54, 1.807) is 25.1 Å². The van der Waals surface area contributed by atoms with Crippen molar-refractivity contribution in [3.05, 3.63) is 81.4 Å². The quantitative estimate of drug-likeness (QED) is 0.442. The third-order valence-electron chi connectivity index (χ3n) is 4.77. The van der Waals surface area contributed by atoms with Crippen molar-refractivity contribution in [1.29, 1.82) is 0 Å². The molecule has 0 aliphatic carbocycles. The van der Waals surface area contributed by atoms with Crippen LogP contribution in [0.1, 0.15) is 27.2 Å². The van der Waals surface area contributed by atoms with Gasteiger partial charge < -0.3 is 9.52 Å². The molecule has 1 N–H and O–H groups in total. The molecule has 150 valence electrons. The number of Topliss-reactive ketones (excluding diaryl/α,β-unsaturated/α-hetero) is 1. The Morgan fingerprint density at radius 3 is 2.80 bits per heavy atom. The van der Waals surface area contributed by atoms with Gasteiger partial charge in [-0.15, -0.1) is 11.3 Å². The number of aryl methyl sites for hydroxylation is 1. The maximum absolute atomic E-state index is 13.6. The second-order valence-electron chi connectivity index (χ2n) is 6.70. The van der Waals surface area contributed by atoms with Gasteiger partial charge in [0.25, 0.3) is 5.91 Å². The third-order valence-corrected chi connectivity index (χ3v) is 6.72. The number of halogens is 1. The van der Waals surface area contributed by atoms with E-state index in [4.69, 9.17) is 4.42 Å². The van der Waals surface area contributed by atoms with Gasteiger partial charge in [0.05, 0.1) is 15.8 Å². The molecular weight excluding hydrogens is 427 g/mol. The van der Waals surface area contributed by atoms with Crippen LogP contribution in [0.15, 0.2) is 63.6 Å². The molecule has 9 heteroatoms. The van der Waals surface area contributed by atoms with Crippen LogP contribution < -0.4 is 4.90 Å². The summed E-state index contributed by atoms with van der Waals surface area (Å²) >= 11 is 2.46. The zero-order valence-electron chi connectivity index (χ0n) is 15.5. The summed E-state index contributed by atoms with van der Waals surface area (Å²) in [5, 5.41) is 12.8. The Labute approximate surface area is 177 Å². The average Bonchev–Trinajstić information content (AvgIpc) is 3.49. The van der Waals surface area contributed by atoms with Gasteiger partial charge in [-0.05, 0) is 48.7 Å². The van der Waals surface area contributed by atoms with E-state index in [0.29, 0.717) is 20.9 Å². The number of carbonyl (C=O) groups is 2. The average molecular weight is 440 g/mol. The van der Waals surface area contributed by atoms with Crippen molar-refractivity contribution in [1.82, 2.24) is 4.98 Å². The monoisotopic (exact) mass is 440 g/mol. The summed E-state index contributed by atoms with van der Waals surface area (Å²) < 4.78 is 19.6. The minimum Gasteiger partial charge on any atom is -0.503 e. The third kappa shape index (κ3) is 2.86. The molecule has 4 aromatic rings. The summed E-state index contributed by atoms with van der Waals surface area (Å²) in [5.74, 6) is -1.78. The van der Waals surface area contributed by atoms with Crippen LogP contribution >= 0.6 is 22.7 Å². The van der Waals surface area contributed by atoms with Gasteiger partial charge in [0.1, 0.15) is 17.6 Å². The Bertz CT molecular complexity index is 1340. The molecule has 6 nitrogen and oxygen atoms in total. The summed E-state index contributed by atoms with van der Waals surface area (Å²) in [5.41, 5.74) is 0.456. The molecule has 0 radical (unpaired) electrons. The molecule has 0 spiro atoms. The summed E-state index contributed by atoms with van der Waals surface area (Å²) in [7, 11) is 0. The van der Waals surface area contributed by atoms with E-state index >= 15 is 0 Å². The second-order valence-corrected chi connectivity index (χ2v) is 8.69. The lowest BCUT2D eigenvalue weighted by molar-refractivity contribution is -0.117. The van der Waals surface area contributed by atoms with Crippen LogP contribution in [0.2, 0.25) is 0 Å². The second kappa shape index (κ2) is 6.89. The smallest absolute Gasteiger partial charge is 0.296 e. The Balaban J connectivity index is 1.66. The molecule has 1 aromatic carbocycles. The molecule has 3 aromatic heterocycles. The van der Waals surface area contributed by atoms with Crippen molar-refractivity contribution in [3.63, 3.8) is 0 Å². The zero-order valence-corrected chi connectivity index (χ0v) is 17.1. The number of hydrogen-bond acceptors (Lipinski definition) is 7. The highest BCUT2D eigenvalue weighted by atomic mass is 32.1. The molecule has 0 bridgehead atoms. The molecule has 0 saturated carbocycles. The minimum atomic E-state index is -0.860. The lowest BCUT2D eigenvalue weighted by Crippen LogP contribution is -2.30. The Morgan fingerprint density at radius 1 is 1.27 bits per heavy atom. The Morgan fingerprint density at radius 2 is 2.10 bits per heavy atom. The lowest BCUT2D eigenvalue weighted by atomic mass is 10.0. The molecule has 1 atom stereocenters. The highest BCUT2D eigenvalue weighted by Gasteiger charge is 2.47. The predicted molar refractivity (Wildman–Crippen MR) is 112 cm³/mol. The predicted octanol–water partition coefficient (Wildman–Crippen LogP) is 5.18. The Hall–Kier alpha value is -3.30. The number of furan rings is 1. The standard InChI is InChI=1S/C21H13FN2O4S2/c1-10-4-7-13(28-10)18(25)16-17(14-3-2-8-29-14)24(20(27)19(16)26)21-23-12-6-5-11(22)9-15(12)30-21/h2-9,17,26H,1H3. The van der Waals surface area contributed by atoms with Crippen LogP contribution in [0.3, 0.4) is 0 Å². The zero-order chi connectivity index (χ0) is 21.0. The summed E-state index contributed by atoms with van der Waals surface area (Å²) in [6, 6.07) is 10.0. The van der Waals surface area contributed by atoms with E-state index in [1.807, 2.05) is 5.38 Å². The van der Waals surface area contributed by atoms with Gasteiger partial charge in [-0.25, -0.2) is 9.37 Å². The molecule has 1 amide bonds. The van der Waals surface area contributed by atoms with Crippen LogP contribution in [-0.4, -0.2) is 21.8 Å². The first kappa shape index (κ1) is 18.7. The number of nitrogens with zero attached hydrogens (tertiary/aromatic N) is 2. The topological polar surface area (TPSA) is 83.6 Å². The van der Waals surface area contributed by atoms with Crippen LogP contribution in [0.4, 0.5) is 9.52 Å². The van der Waals surface area contributed by atoms with Crippen molar-refractivity contribution in [2.24, 2.45) is 0 Å². The molecule has 30 heavy (non-hydrogen) atoms. The molecule has 5 rings (SSSR count). The number of amides is 1. The molecule has 4 heterocycles. The Kier molecular flexibility index (Phi) is 4.30. The van der Waals surface area contributed by atoms with Gasteiger partial charge >= 0.3 is 0 Å². The highest BCUT2D eigenvalue weighted by molar-refractivity contribution is 7.22. The van der Waals surface area contributed by atoms with Gasteiger partial charge in [-0.3, -0.25) is 14.5 Å². The number of thiophene rings is 1. The van der Waals surface area contributed by atoms with Crippen LogP contribution in [0.5, 0.6) is 0 Å². The van der Waals surface area contributed by atoms with Crippen molar-refractivity contribution in [2.45, 2.75) is 13.0 Å². The number of rotatable bonds is 4. The first-order valence-corrected chi connectivity index (χ1v) is 10.6. The fourth-order valence-electron chi connectivity index (χ4n) is 3.43. The largest absolute Gasteiger partial charge is 0.503 e. The van der Waals surface area contributed by atoms with E-state index in [9.17, 15) is 19.1 Å². The minimum absolute atomic E-state index is 0.0385. The fraction of sp³-hybridized carbons (Fsp3) is 0.0952. The number of thiazole rings is 1. The van der Waals surface area contributed by atoms with E-state index in [-0.39, 0.29) is 16.5 Å². The van der Waals surface area contributed by atoms with Crippen molar-refractivity contribution < 1.29 is 23.5 Å². The highest BCUT2D eigenvalue weighted by Crippen LogP contribution is 2.45. The summed E-state index contributed by atoms with van der Waals surface area (Å²) in [6.07, 6.45) is 0. The van der Waals surface area contributed by atoms with Crippen LogP contribution in [0, 0.1) is 12.7 Å². The van der Waals surface area contributed by atoms with Crippen molar-refractivity contribution in [2.75, 3.05) is 4.90 Å². The number of carbonyl (C=O) groups excluding carboxylic acids is 2.